The van der Waals surface area contributed by atoms with Gasteiger partial charge in [0, 0.05) is 29.7 Å². The molecule has 2 heterocycles. The maximum Gasteiger partial charge on any atom is 0.114 e. The lowest BCUT2D eigenvalue weighted by Crippen LogP contribution is -2.30. The van der Waals surface area contributed by atoms with Crippen molar-refractivity contribution < 1.29 is 4.42 Å². The average molecular weight is 281 g/mol. The molecule has 0 radical (unpaired) electrons. The van der Waals surface area contributed by atoms with Crippen molar-refractivity contribution in [3.8, 4) is 0 Å². The van der Waals surface area contributed by atoms with E-state index in [9.17, 15) is 0 Å². The van der Waals surface area contributed by atoms with Crippen molar-refractivity contribution in [1.82, 2.24) is 9.78 Å². The SMILES string of the molecule is Cc1cc2c(cnn2C)cc1N(c1ccoc1)C1(C)CC1. The van der Waals surface area contributed by atoms with E-state index in [2.05, 4.69) is 36.0 Å². The van der Waals surface area contributed by atoms with Gasteiger partial charge in [0.2, 0.25) is 0 Å². The van der Waals surface area contributed by atoms with Gasteiger partial charge in [-0.05, 0) is 44.4 Å². The van der Waals surface area contributed by atoms with Gasteiger partial charge in [-0.25, -0.2) is 0 Å². The van der Waals surface area contributed by atoms with E-state index < -0.39 is 0 Å². The number of fused-ring (bicyclic) bond motifs is 1. The summed E-state index contributed by atoms with van der Waals surface area (Å²) >= 11 is 0. The summed E-state index contributed by atoms with van der Waals surface area (Å²) in [5, 5.41) is 5.53. The molecule has 1 aromatic carbocycles. The summed E-state index contributed by atoms with van der Waals surface area (Å²) in [6, 6.07) is 6.50. The molecule has 0 saturated heterocycles. The first-order chi connectivity index (χ1) is 10.1. The monoisotopic (exact) mass is 281 g/mol. The Balaban J connectivity index is 1.92. The molecule has 0 amide bonds. The minimum Gasteiger partial charge on any atom is -0.470 e. The van der Waals surface area contributed by atoms with Crippen molar-refractivity contribution in [3.63, 3.8) is 0 Å². The van der Waals surface area contributed by atoms with Crippen molar-refractivity contribution in [2.24, 2.45) is 7.05 Å². The Bertz CT molecular complexity index is 797. The number of anilines is 2. The summed E-state index contributed by atoms with van der Waals surface area (Å²) in [5.74, 6) is 0. The van der Waals surface area contributed by atoms with Crippen LogP contribution >= 0.6 is 0 Å². The average Bonchev–Trinajstić information content (AvgIpc) is 2.88. The Labute approximate surface area is 124 Å². The van der Waals surface area contributed by atoms with Gasteiger partial charge < -0.3 is 9.32 Å². The number of rotatable bonds is 3. The maximum atomic E-state index is 5.31. The first kappa shape index (κ1) is 12.5. The summed E-state index contributed by atoms with van der Waals surface area (Å²) in [5.41, 5.74) is 5.01. The third-order valence-electron chi connectivity index (χ3n) is 4.58. The Morgan fingerprint density at radius 2 is 2.14 bits per heavy atom. The molecule has 0 aliphatic heterocycles. The number of nitrogens with zero attached hydrogens (tertiary/aromatic N) is 3. The molecule has 0 N–H and O–H groups in total. The summed E-state index contributed by atoms with van der Waals surface area (Å²) in [7, 11) is 1.98. The van der Waals surface area contributed by atoms with E-state index in [1.165, 1.54) is 35.0 Å². The molecule has 1 aliphatic rings. The maximum absolute atomic E-state index is 5.31. The van der Waals surface area contributed by atoms with Gasteiger partial charge in [-0.3, -0.25) is 4.68 Å². The van der Waals surface area contributed by atoms with Crippen LogP contribution in [0.1, 0.15) is 25.3 Å². The largest absolute Gasteiger partial charge is 0.470 e. The molecule has 1 aliphatic carbocycles. The second-order valence-corrected chi connectivity index (χ2v) is 6.28. The summed E-state index contributed by atoms with van der Waals surface area (Å²) < 4.78 is 7.24. The van der Waals surface area contributed by atoms with Gasteiger partial charge in [0.25, 0.3) is 0 Å². The first-order valence-corrected chi connectivity index (χ1v) is 7.33. The number of hydrogen-bond acceptors (Lipinski definition) is 3. The molecular weight excluding hydrogens is 262 g/mol. The van der Waals surface area contributed by atoms with E-state index in [-0.39, 0.29) is 5.54 Å². The molecule has 108 valence electrons. The summed E-state index contributed by atoms with van der Waals surface area (Å²) in [4.78, 5) is 2.41. The molecule has 2 aromatic heterocycles. The molecule has 0 unspecified atom stereocenters. The predicted octanol–water partition coefficient (Wildman–Crippen LogP) is 4.17. The summed E-state index contributed by atoms with van der Waals surface area (Å²) in [6.45, 7) is 4.48. The standard InChI is InChI=1S/C17H19N3O/c1-12-8-16-13(10-18-19(16)3)9-15(12)20(17(2)5-6-17)14-4-7-21-11-14/h4,7-11H,5-6H2,1-3H3. The zero-order valence-electron chi connectivity index (χ0n) is 12.6. The minimum absolute atomic E-state index is 0.199. The van der Waals surface area contributed by atoms with Crippen LogP contribution < -0.4 is 4.90 Å². The Morgan fingerprint density at radius 3 is 2.81 bits per heavy atom. The molecule has 21 heavy (non-hydrogen) atoms. The summed E-state index contributed by atoms with van der Waals surface area (Å²) in [6.07, 6.45) is 7.93. The van der Waals surface area contributed by atoms with Crippen molar-refractivity contribution in [3.05, 3.63) is 42.5 Å². The van der Waals surface area contributed by atoms with Crippen molar-refractivity contribution in [1.29, 1.82) is 0 Å². The quantitative estimate of drug-likeness (QED) is 0.722. The van der Waals surface area contributed by atoms with Crippen LogP contribution in [-0.2, 0) is 7.05 Å². The van der Waals surface area contributed by atoms with E-state index in [0.717, 1.165) is 5.69 Å². The smallest absolute Gasteiger partial charge is 0.114 e. The molecule has 0 atom stereocenters. The van der Waals surface area contributed by atoms with E-state index in [0.29, 0.717) is 0 Å². The van der Waals surface area contributed by atoms with E-state index >= 15 is 0 Å². The normalized spacial score (nSPS) is 16.3. The van der Waals surface area contributed by atoms with Gasteiger partial charge in [0.05, 0.1) is 23.7 Å². The number of aromatic nitrogens is 2. The van der Waals surface area contributed by atoms with Crippen LogP contribution in [0, 0.1) is 6.92 Å². The van der Waals surface area contributed by atoms with Gasteiger partial charge in [0.15, 0.2) is 0 Å². The van der Waals surface area contributed by atoms with Gasteiger partial charge in [-0.2, -0.15) is 5.10 Å². The second kappa shape index (κ2) is 4.13. The van der Waals surface area contributed by atoms with Gasteiger partial charge in [0.1, 0.15) is 6.26 Å². The number of furan rings is 1. The Morgan fingerprint density at radius 1 is 1.33 bits per heavy atom. The minimum atomic E-state index is 0.199. The molecule has 4 rings (SSSR count). The lowest BCUT2D eigenvalue weighted by molar-refractivity contribution is 0.565. The zero-order valence-corrected chi connectivity index (χ0v) is 12.6. The topological polar surface area (TPSA) is 34.2 Å². The van der Waals surface area contributed by atoms with Crippen LogP contribution in [0.2, 0.25) is 0 Å². The highest BCUT2D eigenvalue weighted by atomic mass is 16.3. The predicted molar refractivity (Wildman–Crippen MR) is 83.9 cm³/mol. The van der Waals surface area contributed by atoms with E-state index in [1.807, 2.05) is 30.3 Å². The van der Waals surface area contributed by atoms with Crippen molar-refractivity contribution in [2.45, 2.75) is 32.2 Å². The lowest BCUT2D eigenvalue weighted by atomic mass is 10.1. The molecule has 0 spiro atoms. The highest BCUT2D eigenvalue weighted by Crippen LogP contribution is 2.49. The van der Waals surface area contributed by atoms with Crippen LogP contribution in [-0.4, -0.2) is 15.3 Å². The third-order valence-corrected chi connectivity index (χ3v) is 4.58. The highest BCUT2D eigenvalue weighted by molar-refractivity contribution is 5.86. The van der Waals surface area contributed by atoms with Gasteiger partial charge in [-0.1, -0.05) is 0 Å². The van der Waals surface area contributed by atoms with Crippen LogP contribution in [0.15, 0.2) is 41.3 Å². The van der Waals surface area contributed by atoms with Crippen LogP contribution in [0.3, 0.4) is 0 Å². The first-order valence-electron chi connectivity index (χ1n) is 7.33. The second-order valence-electron chi connectivity index (χ2n) is 6.28. The van der Waals surface area contributed by atoms with Crippen LogP contribution in [0.5, 0.6) is 0 Å². The third kappa shape index (κ3) is 1.86. The molecule has 3 aromatic rings. The van der Waals surface area contributed by atoms with Crippen LogP contribution in [0.4, 0.5) is 11.4 Å². The molecular formula is C17H19N3O. The molecule has 4 nitrogen and oxygen atoms in total. The van der Waals surface area contributed by atoms with Crippen LogP contribution in [0.25, 0.3) is 10.9 Å². The fraction of sp³-hybridized carbons (Fsp3) is 0.353. The van der Waals surface area contributed by atoms with Gasteiger partial charge in [-0.15, -0.1) is 0 Å². The number of hydrogen-bond donors (Lipinski definition) is 0. The molecule has 1 fully saturated rings. The fourth-order valence-corrected chi connectivity index (χ4v) is 3.06. The molecule has 4 heteroatoms. The Kier molecular flexibility index (Phi) is 2.46. The number of benzene rings is 1. The van der Waals surface area contributed by atoms with E-state index in [1.54, 1.807) is 6.26 Å². The molecule has 1 saturated carbocycles. The fourth-order valence-electron chi connectivity index (χ4n) is 3.06. The van der Waals surface area contributed by atoms with Crippen molar-refractivity contribution in [2.75, 3.05) is 4.90 Å². The lowest BCUT2D eigenvalue weighted by Gasteiger charge is -2.31. The Hall–Kier alpha value is -2.23. The highest BCUT2D eigenvalue weighted by Gasteiger charge is 2.45. The number of aryl methyl sites for hydroxylation is 2. The van der Waals surface area contributed by atoms with E-state index in [4.69, 9.17) is 4.42 Å². The zero-order chi connectivity index (χ0) is 14.6. The molecule has 0 bridgehead atoms. The van der Waals surface area contributed by atoms with Crippen molar-refractivity contribution >= 4 is 22.3 Å². The van der Waals surface area contributed by atoms with Gasteiger partial charge >= 0.3 is 0 Å².